The van der Waals surface area contributed by atoms with Crippen molar-refractivity contribution in [2.45, 2.75) is 6.92 Å². The minimum atomic E-state index is -0.473. The minimum Gasteiger partial charge on any atom is -0.462 e. The van der Waals surface area contributed by atoms with Gasteiger partial charge >= 0.3 is 5.97 Å². The van der Waals surface area contributed by atoms with Gasteiger partial charge in [-0.05, 0) is 43.3 Å². The number of halogens is 3. The number of fused-ring (bicyclic) bond motifs is 1. The fraction of sp³-hybridized carbons (Fsp3) is 0.111. The van der Waals surface area contributed by atoms with Gasteiger partial charge in [-0.2, -0.15) is 0 Å². The molecule has 0 saturated heterocycles. The van der Waals surface area contributed by atoms with Crippen LogP contribution in [0.4, 0.5) is 11.4 Å². The number of hydrogen-bond donors (Lipinski definition) is 1. The molecule has 2 aromatic carbocycles. The summed E-state index contributed by atoms with van der Waals surface area (Å²) < 4.78 is 5.13. The maximum Gasteiger partial charge on any atom is 0.341 e. The van der Waals surface area contributed by atoms with Crippen LogP contribution in [0.15, 0.2) is 42.6 Å². The number of esters is 1. The molecule has 1 heterocycles. The first-order chi connectivity index (χ1) is 12.0. The zero-order valence-corrected chi connectivity index (χ0v) is 15.4. The van der Waals surface area contributed by atoms with Crippen LogP contribution in [-0.4, -0.2) is 17.6 Å². The summed E-state index contributed by atoms with van der Waals surface area (Å²) in [5, 5.41) is 5.22. The Labute approximate surface area is 159 Å². The number of pyridine rings is 1. The number of benzene rings is 2. The van der Waals surface area contributed by atoms with Crippen molar-refractivity contribution >= 4 is 63.0 Å². The molecule has 3 rings (SSSR count). The third-order valence-electron chi connectivity index (χ3n) is 3.54. The van der Waals surface area contributed by atoms with Crippen LogP contribution in [0.1, 0.15) is 17.3 Å². The fourth-order valence-corrected chi connectivity index (χ4v) is 2.87. The summed E-state index contributed by atoms with van der Waals surface area (Å²) in [5.74, 6) is -0.473. The number of carbonyl (C=O) groups is 1. The van der Waals surface area contributed by atoms with E-state index in [1.54, 1.807) is 43.3 Å². The Morgan fingerprint density at radius 1 is 1.12 bits per heavy atom. The summed E-state index contributed by atoms with van der Waals surface area (Å²) >= 11 is 18.3. The van der Waals surface area contributed by atoms with E-state index in [2.05, 4.69) is 10.3 Å². The lowest BCUT2D eigenvalue weighted by Gasteiger charge is -2.15. The normalized spacial score (nSPS) is 10.7. The highest BCUT2D eigenvalue weighted by atomic mass is 35.5. The molecule has 0 aliphatic rings. The van der Waals surface area contributed by atoms with E-state index < -0.39 is 5.97 Å². The molecule has 1 N–H and O–H groups in total. The molecule has 0 fully saturated rings. The molecule has 128 valence electrons. The van der Waals surface area contributed by atoms with Gasteiger partial charge < -0.3 is 10.1 Å². The van der Waals surface area contributed by atoms with Crippen LogP contribution in [0, 0.1) is 0 Å². The molecule has 4 nitrogen and oxygen atoms in total. The summed E-state index contributed by atoms with van der Waals surface area (Å²) in [4.78, 5) is 16.6. The smallest absolute Gasteiger partial charge is 0.341 e. The van der Waals surface area contributed by atoms with Gasteiger partial charge in [-0.1, -0.05) is 34.8 Å². The summed E-state index contributed by atoms with van der Waals surface area (Å²) in [6.45, 7) is 2.01. The standard InChI is InChI=1S/C18H13Cl3N2O2/c1-2-25-18(24)13-9-22-17-12(7-8-14(20)15(17)21)16(13)23-11-5-3-10(19)4-6-11/h3-9H,2H2,1H3,(H,22,23). The molecule has 25 heavy (non-hydrogen) atoms. The molecular formula is C18H13Cl3N2O2. The molecule has 0 saturated carbocycles. The molecule has 0 unspecified atom stereocenters. The molecule has 0 amide bonds. The summed E-state index contributed by atoms with van der Waals surface area (Å²) in [6.07, 6.45) is 1.43. The number of anilines is 2. The first-order valence-corrected chi connectivity index (χ1v) is 8.61. The van der Waals surface area contributed by atoms with E-state index in [0.717, 1.165) is 5.69 Å². The SMILES string of the molecule is CCOC(=O)c1cnc2c(Cl)c(Cl)ccc2c1Nc1ccc(Cl)cc1. The van der Waals surface area contributed by atoms with Crippen molar-refractivity contribution in [3.05, 3.63) is 63.2 Å². The highest BCUT2D eigenvalue weighted by molar-refractivity contribution is 6.45. The van der Waals surface area contributed by atoms with Crippen molar-refractivity contribution < 1.29 is 9.53 Å². The van der Waals surface area contributed by atoms with Gasteiger partial charge in [0.2, 0.25) is 0 Å². The van der Waals surface area contributed by atoms with E-state index in [4.69, 9.17) is 39.5 Å². The molecule has 0 aliphatic carbocycles. The number of carbonyl (C=O) groups excluding carboxylic acids is 1. The maximum absolute atomic E-state index is 12.3. The monoisotopic (exact) mass is 394 g/mol. The van der Waals surface area contributed by atoms with Gasteiger partial charge in [-0.3, -0.25) is 4.98 Å². The Morgan fingerprint density at radius 3 is 2.52 bits per heavy atom. The van der Waals surface area contributed by atoms with Crippen LogP contribution >= 0.6 is 34.8 Å². The predicted molar refractivity (Wildman–Crippen MR) is 102 cm³/mol. The molecule has 0 aliphatic heterocycles. The van der Waals surface area contributed by atoms with Gasteiger partial charge in [0, 0.05) is 22.3 Å². The summed E-state index contributed by atoms with van der Waals surface area (Å²) in [7, 11) is 0. The number of hydrogen-bond acceptors (Lipinski definition) is 4. The van der Waals surface area contributed by atoms with Crippen molar-refractivity contribution in [3.63, 3.8) is 0 Å². The maximum atomic E-state index is 12.3. The van der Waals surface area contributed by atoms with Crippen molar-refractivity contribution in [1.29, 1.82) is 0 Å². The largest absolute Gasteiger partial charge is 0.462 e. The topological polar surface area (TPSA) is 51.2 Å². The second-order valence-electron chi connectivity index (χ2n) is 5.16. The van der Waals surface area contributed by atoms with Crippen molar-refractivity contribution in [3.8, 4) is 0 Å². The lowest BCUT2D eigenvalue weighted by atomic mass is 10.1. The van der Waals surface area contributed by atoms with Crippen LogP contribution in [0.5, 0.6) is 0 Å². The Bertz CT molecular complexity index is 943. The van der Waals surface area contributed by atoms with Crippen LogP contribution in [0.3, 0.4) is 0 Å². The van der Waals surface area contributed by atoms with Crippen molar-refractivity contribution in [2.24, 2.45) is 0 Å². The van der Waals surface area contributed by atoms with Crippen LogP contribution in [-0.2, 0) is 4.74 Å². The molecule has 0 radical (unpaired) electrons. The molecule has 0 bridgehead atoms. The van der Waals surface area contributed by atoms with Gasteiger partial charge in [0.1, 0.15) is 5.56 Å². The Morgan fingerprint density at radius 2 is 1.84 bits per heavy atom. The van der Waals surface area contributed by atoms with Crippen LogP contribution in [0.25, 0.3) is 10.9 Å². The zero-order valence-electron chi connectivity index (χ0n) is 13.1. The molecule has 0 atom stereocenters. The van der Waals surface area contributed by atoms with Gasteiger partial charge in [0.05, 0.1) is 27.9 Å². The third kappa shape index (κ3) is 3.66. The van der Waals surface area contributed by atoms with Crippen molar-refractivity contribution in [1.82, 2.24) is 4.98 Å². The molecule has 3 aromatic rings. The van der Waals surface area contributed by atoms with Crippen molar-refractivity contribution in [2.75, 3.05) is 11.9 Å². The van der Waals surface area contributed by atoms with E-state index in [-0.39, 0.29) is 6.61 Å². The highest BCUT2D eigenvalue weighted by Crippen LogP contribution is 2.36. The van der Waals surface area contributed by atoms with E-state index in [9.17, 15) is 4.79 Å². The Kier molecular flexibility index (Phi) is 5.33. The molecule has 7 heteroatoms. The molecule has 1 aromatic heterocycles. The lowest BCUT2D eigenvalue weighted by Crippen LogP contribution is -2.09. The third-order valence-corrected chi connectivity index (χ3v) is 4.59. The average Bonchev–Trinajstić information content (AvgIpc) is 2.60. The summed E-state index contributed by atoms with van der Waals surface area (Å²) in [5.41, 5.74) is 2.11. The number of nitrogens with one attached hydrogen (secondary N) is 1. The van der Waals surface area contributed by atoms with Gasteiger partial charge in [-0.25, -0.2) is 4.79 Å². The highest BCUT2D eigenvalue weighted by Gasteiger charge is 2.19. The Hall–Kier alpha value is -2.01. The molecular weight excluding hydrogens is 383 g/mol. The van der Waals surface area contributed by atoms with E-state index in [1.165, 1.54) is 6.20 Å². The number of ether oxygens (including phenoxy) is 1. The van der Waals surface area contributed by atoms with Crippen LogP contribution in [0.2, 0.25) is 15.1 Å². The quantitative estimate of drug-likeness (QED) is 0.541. The minimum absolute atomic E-state index is 0.263. The number of aromatic nitrogens is 1. The molecule has 0 spiro atoms. The Balaban J connectivity index is 2.19. The van der Waals surface area contributed by atoms with Gasteiger partial charge in [0.25, 0.3) is 0 Å². The fourth-order valence-electron chi connectivity index (χ4n) is 2.38. The number of nitrogens with zero attached hydrogens (tertiary/aromatic N) is 1. The first-order valence-electron chi connectivity index (χ1n) is 7.47. The van der Waals surface area contributed by atoms with E-state index in [1.807, 2.05) is 0 Å². The average molecular weight is 396 g/mol. The zero-order chi connectivity index (χ0) is 18.0. The lowest BCUT2D eigenvalue weighted by molar-refractivity contribution is 0.0527. The summed E-state index contributed by atoms with van der Waals surface area (Å²) in [6, 6.07) is 10.5. The second kappa shape index (κ2) is 7.48. The first kappa shape index (κ1) is 17.8. The van der Waals surface area contributed by atoms with Crippen LogP contribution < -0.4 is 5.32 Å². The van der Waals surface area contributed by atoms with Gasteiger partial charge in [0.15, 0.2) is 0 Å². The van der Waals surface area contributed by atoms with E-state index >= 15 is 0 Å². The number of rotatable bonds is 4. The van der Waals surface area contributed by atoms with E-state index in [0.29, 0.717) is 37.2 Å². The van der Waals surface area contributed by atoms with Gasteiger partial charge in [-0.15, -0.1) is 0 Å². The second-order valence-corrected chi connectivity index (χ2v) is 6.38. The predicted octanol–water partition coefficient (Wildman–Crippen LogP) is 6.12.